The number of methoxy groups -OCH3 is 2. The summed E-state index contributed by atoms with van der Waals surface area (Å²) in [5.41, 5.74) is 2.35. The first-order valence-corrected chi connectivity index (χ1v) is 24.3. The number of carbonyl (C=O) groups is 4. The number of H-pyrrole nitrogens is 2. The molecule has 1 saturated carbocycles. The van der Waals surface area contributed by atoms with Crippen LogP contribution >= 0.6 is 51.8 Å². The summed E-state index contributed by atoms with van der Waals surface area (Å²) in [5.74, 6) is 0.555. The Kier molecular flexibility index (Phi) is 16.1. The molecule has 4 amide bonds. The molecule has 7 heterocycles. The number of aromatic amines is 2. The average Bonchev–Trinajstić information content (AvgIpc) is 4.05. The fraction of sp³-hybridized carbons (Fsp3) is 0.440. The molecule has 6 aromatic rings. The summed E-state index contributed by atoms with van der Waals surface area (Å²) in [6, 6.07) is 12.5. The highest BCUT2D eigenvalue weighted by molar-refractivity contribution is 7.59. The summed E-state index contributed by atoms with van der Waals surface area (Å²) in [4.78, 5) is 73.6. The number of nitrogens with zero attached hydrogens (tertiary/aromatic N) is 5. The van der Waals surface area contributed by atoms with E-state index < -0.39 is 53.9 Å². The number of halogens is 2. The van der Waals surface area contributed by atoms with E-state index in [0.29, 0.717) is 78.2 Å². The molecule has 3 fully saturated rings. The van der Waals surface area contributed by atoms with E-state index in [1.807, 2.05) is 44.2 Å². The fourth-order valence-electron chi connectivity index (χ4n) is 10.1. The Morgan fingerprint density at radius 2 is 1.39 bits per heavy atom. The van der Waals surface area contributed by atoms with Gasteiger partial charge in [-0.1, -0.05) is 19.9 Å². The molecule has 4 aliphatic rings. The van der Waals surface area contributed by atoms with Gasteiger partial charge in [0.2, 0.25) is 18.0 Å². The Labute approximate surface area is 440 Å². The third-order valence-electron chi connectivity index (χ3n) is 13.8. The van der Waals surface area contributed by atoms with Gasteiger partial charge in [-0.2, -0.15) is 40.5 Å². The van der Waals surface area contributed by atoms with Crippen molar-refractivity contribution in [1.29, 1.82) is 0 Å². The number of thiophene rings is 1. The Hall–Kier alpha value is -5.71. The van der Waals surface area contributed by atoms with Gasteiger partial charge in [0.05, 0.1) is 71.7 Å². The number of alkyl carbamates (subject to hydrolysis) is 2. The Balaban J connectivity index is 0.00000253. The Morgan fingerprint density at radius 1 is 0.792 bits per heavy atom. The van der Waals surface area contributed by atoms with E-state index >= 15 is 8.78 Å². The molecule has 4 aromatic heterocycles. The summed E-state index contributed by atoms with van der Waals surface area (Å²) in [6.45, 7) is 7.09. The second-order valence-corrected chi connectivity index (χ2v) is 20.4. The maximum atomic E-state index is 16.9. The van der Waals surface area contributed by atoms with Crippen LogP contribution in [0.4, 0.5) is 18.4 Å². The van der Waals surface area contributed by atoms with Crippen molar-refractivity contribution in [2.75, 3.05) is 27.3 Å². The van der Waals surface area contributed by atoms with E-state index in [4.69, 9.17) is 14.5 Å². The number of imidazole rings is 2. The highest BCUT2D eigenvalue weighted by Crippen LogP contribution is 2.50. The monoisotopic (exact) mass is 1070 g/mol. The van der Waals surface area contributed by atoms with Crippen LogP contribution < -0.4 is 15.4 Å². The second-order valence-electron chi connectivity index (χ2n) is 19.2. The van der Waals surface area contributed by atoms with Crippen LogP contribution in [0.3, 0.4) is 0 Å². The van der Waals surface area contributed by atoms with Gasteiger partial charge >= 0.3 is 12.2 Å². The van der Waals surface area contributed by atoms with Crippen LogP contribution in [0.5, 0.6) is 5.75 Å². The normalized spacial score (nSPS) is 19.0. The summed E-state index contributed by atoms with van der Waals surface area (Å²) in [6.07, 6.45) is 6.17. The smallest absolute Gasteiger partial charge is 0.407 e. The zero-order chi connectivity index (χ0) is 48.5. The van der Waals surface area contributed by atoms with Crippen LogP contribution in [0.25, 0.3) is 44.7 Å². The predicted octanol–water partition coefficient (Wildman–Crippen LogP) is 9.62. The van der Waals surface area contributed by atoms with E-state index in [2.05, 4.69) is 47.0 Å². The van der Waals surface area contributed by atoms with Gasteiger partial charge in [-0.3, -0.25) is 14.2 Å². The molecule has 3 aliphatic heterocycles. The lowest BCUT2D eigenvalue weighted by Crippen LogP contribution is -2.56. The lowest BCUT2D eigenvalue weighted by molar-refractivity contribution is -0.138. The van der Waals surface area contributed by atoms with Gasteiger partial charge in [0.25, 0.3) is 0 Å². The molecule has 1 aliphatic carbocycles. The van der Waals surface area contributed by atoms with Crippen molar-refractivity contribution in [3.05, 3.63) is 88.1 Å². The van der Waals surface area contributed by atoms with E-state index in [0.717, 1.165) is 53.4 Å². The highest BCUT2D eigenvalue weighted by atomic mass is 32.1. The predicted molar refractivity (Wildman–Crippen MR) is 285 cm³/mol. The zero-order valence-electron chi connectivity index (χ0n) is 40.7. The van der Waals surface area contributed by atoms with Gasteiger partial charge in [-0.05, 0) is 107 Å². The van der Waals surface area contributed by atoms with Crippen LogP contribution in [0.2, 0.25) is 0 Å². The van der Waals surface area contributed by atoms with Crippen LogP contribution in [0, 0.1) is 11.7 Å². The first-order chi connectivity index (χ1) is 33.1. The standard InChI is InChI=1S/C50H55F2N9O7S.3H2S/c1-25(2)41(57-48(64)66-5)45(62)59-17-7-9-34(59)43-53-23-31(55-43)27-13-14-33-29(19-27)21-36-40-30(51)20-28(22-37(40)68-47(61(33)36)39-16-15-38(69-39)26-11-12-26)32-24-54-44(56-32)35-10-8-18-60(35)46(63)42(50(3,4)52)58-49(65)67-6;;;/h13-16,19-26,34-35,41-42,47H,7-12,17-18H2,1-6H3,(H,53,55)(H,54,56)(H,57,64)(H,58,65);3*1H2/t34-,35-,41-,42?,47?;;;/m0.../s1. The van der Waals surface area contributed by atoms with E-state index in [1.165, 1.54) is 36.8 Å². The molecule has 2 unspecified atom stereocenters. The van der Waals surface area contributed by atoms with Crippen LogP contribution in [-0.4, -0.2) is 103 Å². The van der Waals surface area contributed by atoms with Gasteiger partial charge in [0.15, 0.2) is 0 Å². The van der Waals surface area contributed by atoms with Gasteiger partial charge in [0, 0.05) is 34.5 Å². The molecule has 0 bridgehead atoms. The number of rotatable bonds is 12. The molecule has 0 spiro atoms. The van der Waals surface area contributed by atoms with Gasteiger partial charge in [-0.15, -0.1) is 11.3 Å². The molecular weight excluding hydrogens is 1000 g/mol. The number of alkyl halides is 1. The fourth-order valence-corrected chi connectivity index (χ4v) is 11.3. The van der Waals surface area contributed by atoms with Crippen LogP contribution in [-0.2, 0) is 19.1 Å². The maximum absolute atomic E-state index is 16.9. The number of likely N-dealkylation sites (tertiary alicyclic amines) is 2. The summed E-state index contributed by atoms with van der Waals surface area (Å²) in [5, 5.41) is 5.92. The molecule has 5 atom stereocenters. The van der Waals surface area contributed by atoms with E-state index in [1.54, 1.807) is 28.6 Å². The van der Waals surface area contributed by atoms with Crippen molar-refractivity contribution in [2.45, 2.75) is 108 Å². The first kappa shape index (κ1) is 54.1. The number of carbonyl (C=O) groups excluding carboxylic acids is 4. The van der Waals surface area contributed by atoms with Crippen molar-refractivity contribution in [3.8, 4) is 39.5 Å². The van der Waals surface area contributed by atoms with Gasteiger partial charge < -0.3 is 44.6 Å². The van der Waals surface area contributed by atoms with Crippen molar-refractivity contribution in [3.63, 3.8) is 0 Å². The van der Waals surface area contributed by atoms with E-state index in [9.17, 15) is 19.2 Å². The summed E-state index contributed by atoms with van der Waals surface area (Å²) >= 11 is 1.71. The number of amides is 4. The second kappa shape index (κ2) is 21.4. The number of benzene rings is 2. The first-order valence-electron chi connectivity index (χ1n) is 23.5. The Bertz CT molecular complexity index is 2980. The third kappa shape index (κ3) is 10.1. The SMILES string of the molecule is COC(=O)NC(C(=O)N1CCC[C@H]1c1ncc(-c2cc(F)c3c(c2)OC(c2ccc(C4CC4)s2)n2c-3cc3cc(-c4cnc([C@@H]5CCCN5C(=O)[C@@H](NC(=O)OC)C(C)C)[nH]4)ccc32)[nH]1)C(C)(C)F.S.S.S. The molecule has 0 radical (unpaired) electrons. The number of nitrogens with one attached hydrogen (secondary N) is 4. The Morgan fingerprint density at radius 3 is 1.99 bits per heavy atom. The summed E-state index contributed by atoms with van der Waals surface area (Å²) < 4.78 is 50.7. The molecule has 2 saturated heterocycles. The number of hydrogen-bond acceptors (Lipinski definition) is 10. The van der Waals surface area contributed by atoms with Crippen molar-refractivity contribution in [1.82, 2.24) is 44.9 Å². The van der Waals surface area contributed by atoms with Crippen LogP contribution in [0.1, 0.15) is 112 Å². The van der Waals surface area contributed by atoms with Crippen LogP contribution in [0.15, 0.2) is 60.9 Å². The molecule has 4 N–H and O–H groups in total. The van der Waals surface area contributed by atoms with E-state index in [-0.39, 0.29) is 58.4 Å². The van der Waals surface area contributed by atoms with Crippen molar-refractivity contribution >= 4 is 86.7 Å². The minimum atomic E-state index is -2.08. The largest absolute Gasteiger partial charge is 0.464 e. The average molecular weight is 1070 g/mol. The topological polar surface area (TPSA) is 189 Å². The minimum Gasteiger partial charge on any atom is -0.464 e. The van der Waals surface area contributed by atoms with Crippen molar-refractivity contribution in [2.24, 2.45) is 5.92 Å². The molecule has 72 heavy (non-hydrogen) atoms. The molecule has 10 rings (SSSR count). The molecule has 2 aromatic carbocycles. The third-order valence-corrected chi connectivity index (χ3v) is 15.1. The minimum absolute atomic E-state index is 0. The molecular formula is C50H61F2N9O7S4. The lowest BCUT2D eigenvalue weighted by Gasteiger charge is -2.32. The van der Waals surface area contributed by atoms with Gasteiger partial charge in [0.1, 0.15) is 41.0 Å². The zero-order valence-corrected chi connectivity index (χ0v) is 44.5. The molecule has 22 heteroatoms. The highest BCUT2D eigenvalue weighted by Gasteiger charge is 2.44. The number of fused-ring (bicyclic) bond motifs is 5. The maximum Gasteiger partial charge on any atom is 0.407 e. The number of hydrogen-bond donors (Lipinski definition) is 4. The van der Waals surface area contributed by atoms with Gasteiger partial charge in [-0.25, -0.2) is 28.3 Å². The molecule has 16 nitrogen and oxygen atoms in total. The quantitative estimate of drug-likeness (QED) is 0.0925. The summed E-state index contributed by atoms with van der Waals surface area (Å²) in [7, 11) is 2.42. The van der Waals surface area contributed by atoms with Crippen molar-refractivity contribution < 1.29 is 42.2 Å². The lowest BCUT2D eigenvalue weighted by atomic mass is 9.99. The molecule has 386 valence electrons. The number of aromatic nitrogens is 5. The number of ether oxygens (including phenoxy) is 3.